The Bertz CT molecular complexity index is 1130. The first kappa shape index (κ1) is 26.4. The molecule has 2 heterocycles. The molecule has 1 saturated heterocycles. The molecule has 0 radical (unpaired) electrons. The van der Waals surface area contributed by atoms with Crippen LogP contribution in [0.3, 0.4) is 0 Å². The predicted molar refractivity (Wildman–Crippen MR) is 131 cm³/mol. The predicted octanol–water partition coefficient (Wildman–Crippen LogP) is 3.87. The third-order valence-corrected chi connectivity index (χ3v) is 7.17. The molecule has 196 valence electrons. The number of nitrogens with zero attached hydrogens (tertiary/aromatic N) is 2. The molecule has 9 heteroatoms. The van der Waals surface area contributed by atoms with Crippen LogP contribution in [-0.4, -0.2) is 48.2 Å². The SMILES string of the molecule is COCCCc1cc(CN(C(=O)C2CNCC[C@@H]2c2ccn(C)c(=O)c2)C2CC2)cc(C(F)(F)F)c1. The van der Waals surface area contributed by atoms with Gasteiger partial charge in [0.2, 0.25) is 5.91 Å². The second-order valence-electron chi connectivity index (χ2n) is 9.94. The van der Waals surface area contributed by atoms with Crippen LogP contribution in [0.4, 0.5) is 13.2 Å². The lowest BCUT2D eigenvalue weighted by atomic mass is 9.80. The van der Waals surface area contributed by atoms with E-state index in [0.717, 1.165) is 31.4 Å². The van der Waals surface area contributed by atoms with Gasteiger partial charge >= 0.3 is 6.18 Å². The maximum absolute atomic E-state index is 13.9. The number of halogens is 3. The molecule has 0 bridgehead atoms. The standard InChI is InChI=1S/C27H34F3N3O3/c1-32-10-8-20(15-25(32)34)23-7-9-31-16-24(23)26(35)33(22-5-6-22)17-19-12-18(4-3-11-36-2)13-21(14-19)27(28,29)30/h8,10,12-15,22-24,31H,3-7,9,11,16-17H2,1-2H3/t23-,24?/m1/s1. The third kappa shape index (κ3) is 6.37. The van der Waals surface area contributed by atoms with Crippen LogP contribution >= 0.6 is 0 Å². The van der Waals surface area contributed by atoms with E-state index in [1.54, 1.807) is 37.4 Å². The highest BCUT2D eigenvalue weighted by atomic mass is 19.4. The van der Waals surface area contributed by atoms with Crippen molar-refractivity contribution in [2.45, 2.75) is 56.8 Å². The van der Waals surface area contributed by atoms with Crippen molar-refractivity contribution in [2.24, 2.45) is 13.0 Å². The van der Waals surface area contributed by atoms with Crippen LogP contribution in [0.5, 0.6) is 0 Å². The number of amides is 1. The lowest BCUT2D eigenvalue weighted by Crippen LogP contribution is -2.47. The summed E-state index contributed by atoms with van der Waals surface area (Å²) in [5.41, 5.74) is 1.12. The first-order valence-corrected chi connectivity index (χ1v) is 12.5. The molecule has 4 rings (SSSR count). The molecule has 1 unspecified atom stereocenters. The van der Waals surface area contributed by atoms with Crippen molar-refractivity contribution in [3.8, 4) is 0 Å². The quantitative estimate of drug-likeness (QED) is 0.526. The Labute approximate surface area is 209 Å². The van der Waals surface area contributed by atoms with E-state index in [4.69, 9.17) is 4.74 Å². The number of hydrogen-bond donors (Lipinski definition) is 1. The van der Waals surface area contributed by atoms with E-state index < -0.39 is 11.7 Å². The molecule has 2 aromatic rings. The molecule has 0 spiro atoms. The largest absolute Gasteiger partial charge is 0.416 e. The van der Waals surface area contributed by atoms with Gasteiger partial charge in [0.25, 0.3) is 5.56 Å². The highest BCUT2D eigenvalue weighted by Crippen LogP contribution is 2.37. The van der Waals surface area contributed by atoms with Crippen molar-refractivity contribution in [2.75, 3.05) is 26.8 Å². The number of aromatic nitrogens is 1. The number of carbonyl (C=O) groups is 1. The molecule has 2 atom stereocenters. The molecule has 1 saturated carbocycles. The molecule has 2 aliphatic rings. The normalized spacial score (nSPS) is 20.4. The Kier molecular flexibility index (Phi) is 8.20. The highest BCUT2D eigenvalue weighted by molar-refractivity contribution is 5.81. The third-order valence-electron chi connectivity index (χ3n) is 7.17. The van der Waals surface area contributed by atoms with Crippen LogP contribution < -0.4 is 10.9 Å². The molecule has 1 aromatic carbocycles. The van der Waals surface area contributed by atoms with E-state index in [1.165, 1.54) is 16.7 Å². The number of piperidine rings is 1. The van der Waals surface area contributed by atoms with Crippen LogP contribution in [0.1, 0.15) is 53.9 Å². The van der Waals surface area contributed by atoms with E-state index in [9.17, 15) is 22.8 Å². The highest BCUT2D eigenvalue weighted by Gasteiger charge is 2.40. The van der Waals surface area contributed by atoms with Crippen molar-refractivity contribution in [1.29, 1.82) is 0 Å². The van der Waals surface area contributed by atoms with Gasteiger partial charge in [-0.2, -0.15) is 13.2 Å². The molecule has 2 fully saturated rings. The first-order valence-electron chi connectivity index (χ1n) is 12.5. The van der Waals surface area contributed by atoms with Gasteiger partial charge in [-0.15, -0.1) is 0 Å². The number of alkyl halides is 3. The van der Waals surface area contributed by atoms with Crippen LogP contribution in [0.25, 0.3) is 0 Å². The fourth-order valence-corrected chi connectivity index (χ4v) is 5.08. The van der Waals surface area contributed by atoms with Gasteiger partial charge < -0.3 is 19.5 Å². The molecule has 1 amide bonds. The Morgan fingerprint density at radius 1 is 1.17 bits per heavy atom. The number of carbonyl (C=O) groups excluding carboxylic acids is 1. The number of hydrogen-bond acceptors (Lipinski definition) is 4. The summed E-state index contributed by atoms with van der Waals surface area (Å²) in [7, 11) is 3.25. The van der Waals surface area contributed by atoms with Gasteiger partial charge in [-0.3, -0.25) is 9.59 Å². The minimum absolute atomic E-state index is 0.0372. The average molecular weight is 506 g/mol. The molecule has 1 aliphatic carbocycles. The summed E-state index contributed by atoms with van der Waals surface area (Å²) in [6.45, 7) is 1.83. The number of ether oxygens (including phenoxy) is 1. The minimum atomic E-state index is -4.46. The van der Waals surface area contributed by atoms with Gasteiger partial charge in [0, 0.05) is 52.2 Å². The first-order chi connectivity index (χ1) is 17.2. The summed E-state index contributed by atoms with van der Waals surface area (Å²) in [5.74, 6) is -0.549. The zero-order chi connectivity index (χ0) is 25.9. The minimum Gasteiger partial charge on any atom is -0.385 e. The number of methoxy groups -OCH3 is 1. The van der Waals surface area contributed by atoms with Crippen LogP contribution in [0, 0.1) is 5.92 Å². The van der Waals surface area contributed by atoms with Crippen molar-refractivity contribution in [3.63, 3.8) is 0 Å². The molecular weight excluding hydrogens is 471 g/mol. The second-order valence-corrected chi connectivity index (χ2v) is 9.94. The summed E-state index contributed by atoms with van der Waals surface area (Å²) in [6.07, 6.45) is 0.764. The smallest absolute Gasteiger partial charge is 0.385 e. The van der Waals surface area contributed by atoms with Crippen molar-refractivity contribution in [1.82, 2.24) is 14.8 Å². The topological polar surface area (TPSA) is 63.6 Å². The van der Waals surface area contributed by atoms with Crippen molar-refractivity contribution < 1.29 is 22.7 Å². The molecular formula is C27H34F3N3O3. The maximum atomic E-state index is 13.9. The number of nitrogens with one attached hydrogen (secondary N) is 1. The van der Waals surface area contributed by atoms with E-state index in [-0.39, 0.29) is 35.9 Å². The summed E-state index contributed by atoms with van der Waals surface area (Å²) in [5, 5.41) is 3.29. The van der Waals surface area contributed by atoms with Gasteiger partial charge in [-0.25, -0.2) is 0 Å². The Morgan fingerprint density at radius 2 is 1.92 bits per heavy atom. The lowest BCUT2D eigenvalue weighted by molar-refractivity contribution is -0.138. The fourth-order valence-electron chi connectivity index (χ4n) is 5.08. The monoisotopic (exact) mass is 505 g/mol. The van der Waals surface area contributed by atoms with Gasteiger partial charge in [0.05, 0.1) is 11.5 Å². The second kappa shape index (κ2) is 11.2. The molecule has 36 heavy (non-hydrogen) atoms. The maximum Gasteiger partial charge on any atom is 0.416 e. The van der Waals surface area contributed by atoms with E-state index in [0.29, 0.717) is 37.1 Å². The Balaban J connectivity index is 1.60. The van der Waals surface area contributed by atoms with Crippen molar-refractivity contribution in [3.05, 3.63) is 69.1 Å². The van der Waals surface area contributed by atoms with Gasteiger partial charge in [0.15, 0.2) is 0 Å². The Hall–Kier alpha value is -2.65. The summed E-state index contributed by atoms with van der Waals surface area (Å²) >= 11 is 0. The number of aryl methyl sites for hydroxylation is 2. The Morgan fingerprint density at radius 3 is 2.58 bits per heavy atom. The molecule has 1 N–H and O–H groups in total. The van der Waals surface area contributed by atoms with E-state index in [1.807, 2.05) is 6.07 Å². The molecule has 1 aliphatic heterocycles. The van der Waals surface area contributed by atoms with Crippen LogP contribution in [-0.2, 0) is 35.7 Å². The average Bonchev–Trinajstić information content (AvgIpc) is 3.69. The van der Waals surface area contributed by atoms with Crippen molar-refractivity contribution >= 4 is 5.91 Å². The summed E-state index contributed by atoms with van der Waals surface area (Å²) < 4.78 is 47.5. The van der Waals surface area contributed by atoms with E-state index >= 15 is 0 Å². The molecule has 1 aromatic heterocycles. The van der Waals surface area contributed by atoms with Crippen LogP contribution in [0.15, 0.2) is 41.3 Å². The van der Waals surface area contributed by atoms with Gasteiger partial charge in [-0.1, -0.05) is 6.07 Å². The molecule has 6 nitrogen and oxygen atoms in total. The summed E-state index contributed by atoms with van der Waals surface area (Å²) in [6, 6.07) is 7.66. The van der Waals surface area contributed by atoms with Gasteiger partial charge in [-0.05, 0) is 79.5 Å². The number of benzene rings is 1. The fraction of sp³-hybridized carbons (Fsp3) is 0.556. The number of pyridine rings is 1. The number of rotatable bonds is 9. The zero-order valence-corrected chi connectivity index (χ0v) is 20.8. The lowest BCUT2D eigenvalue weighted by Gasteiger charge is -2.36. The van der Waals surface area contributed by atoms with E-state index in [2.05, 4.69) is 5.32 Å². The zero-order valence-electron chi connectivity index (χ0n) is 20.8. The summed E-state index contributed by atoms with van der Waals surface area (Å²) in [4.78, 5) is 27.9. The van der Waals surface area contributed by atoms with Gasteiger partial charge in [0.1, 0.15) is 0 Å². The van der Waals surface area contributed by atoms with Crippen LogP contribution in [0.2, 0.25) is 0 Å².